The molecule has 2 fully saturated rings. The lowest BCUT2D eigenvalue weighted by atomic mass is 10.0. The van der Waals surface area contributed by atoms with Gasteiger partial charge in [-0.15, -0.1) is 0 Å². The van der Waals surface area contributed by atoms with E-state index in [9.17, 15) is 48.3 Å². The summed E-state index contributed by atoms with van der Waals surface area (Å²) in [5.41, 5.74) is 7.10. The largest absolute Gasteiger partial charge is 0.493 e. The van der Waals surface area contributed by atoms with Crippen molar-refractivity contribution in [1.82, 2.24) is 31.1 Å². The molecule has 101 heavy (non-hydrogen) atoms. The zero-order valence-electron chi connectivity index (χ0n) is 56.7. The normalized spacial score (nSPS) is 17.8. The first-order valence-corrected chi connectivity index (χ1v) is 33.8. The minimum Gasteiger partial charge on any atom is -0.493 e. The van der Waals surface area contributed by atoms with Gasteiger partial charge >= 0.3 is 6.09 Å². The number of methoxy groups -OCH3 is 2. The van der Waals surface area contributed by atoms with Crippen molar-refractivity contribution >= 4 is 81.7 Å². The molecule has 7 N–H and O–H groups in total. The predicted octanol–water partition coefficient (Wildman–Crippen LogP) is 7.25. The molecule has 12 rings (SSSR count). The molecule has 0 bridgehead atoms. The van der Waals surface area contributed by atoms with Crippen LogP contribution in [0.1, 0.15) is 114 Å². The van der Waals surface area contributed by atoms with E-state index >= 15 is 0 Å². The summed E-state index contributed by atoms with van der Waals surface area (Å²) in [5.74, 6) is 3.08. The molecule has 1 saturated carbocycles. The third kappa shape index (κ3) is 15.7. The molecule has 1 spiro atoms. The Balaban J connectivity index is 0.605. The lowest BCUT2D eigenvalue weighted by molar-refractivity contribution is -0.132. The van der Waals surface area contributed by atoms with Crippen LogP contribution in [-0.2, 0) is 46.7 Å². The van der Waals surface area contributed by atoms with E-state index < -0.39 is 79.0 Å². The van der Waals surface area contributed by atoms with Gasteiger partial charge in [-0.25, -0.2) is 9.69 Å². The van der Waals surface area contributed by atoms with Crippen molar-refractivity contribution in [2.75, 3.05) is 74.0 Å². The average molecular weight is 1370 g/mol. The second kappa shape index (κ2) is 30.4. The lowest BCUT2D eigenvalue weighted by Gasteiger charge is -2.31. The van der Waals surface area contributed by atoms with Crippen LogP contribution in [-0.4, -0.2) is 152 Å². The minimum absolute atomic E-state index is 0.0610. The molecule has 524 valence electrons. The third-order valence-electron chi connectivity index (χ3n) is 19.0. The highest BCUT2D eigenvalue weighted by molar-refractivity contribution is 6.07. The number of fused-ring (bicyclic) bond motifs is 6. The molecule has 1 unspecified atom stereocenters. The van der Waals surface area contributed by atoms with E-state index in [2.05, 4.69) is 43.7 Å². The summed E-state index contributed by atoms with van der Waals surface area (Å²) in [5, 5.41) is 28.5. The van der Waals surface area contributed by atoms with Crippen LogP contribution in [0.2, 0.25) is 0 Å². The van der Waals surface area contributed by atoms with Crippen molar-refractivity contribution in [3.05, 3.63) is 173 Å². The van der Waals surface area contributed by atoms with Crippen molar-refractivity contribution in [1.29, 1.82) is 0 Å². The highest BCUT2D eigenvalue weighted by Crippen LogP contribution is 2.57. The smallest absolute Gasteiger partial charge is 0.416 e. The first-order chi connectivity index (χ1) is 48.8. The Morgan fingerprint density at radius 1 is 0.693 bits per heavy atom. The number of anilines is 4. The summed E-state index contributed by atoms with van der Waals surface area (Å²) in [7, 11) is 2.95. The standard InChI is InChI=1S/C76H80N10O15/c1-45(2)69(82-67(89)40-79-66(88)39-78-65(87)26-27-68(90)84-41-51-18-10-9-16-49(51)22-23-50-17-11-12-19-58(50)84)71(92)80-46(3)70(91)81-53-24-20-47(21-25-53)43-101-75(96)86-59-36-64(62(98-5)34-56(59)73(94)85-44-76(28-29-76)37-60(85)74(86)95)100-31-13-30-99-63-35-57-55(33-61(63)97-4)72(93)83-42-52(32-54(83)38-77-57)48-14-7-6-8-15-48/h6-12,14-21,24-25,33-36,42,45-46,54,60,69,74,77,95H,13,26-32,37-41,43-44H2,1-5H3,(H,78,87)(H,79,88)(H,80,92)(H,81,91)(H,82,89)/t46-,54-,60-,69-,74?/m0/s1. The molecule has 5 heterocycles. The van der Waals surface area contributed by atoms with Crippen molar-refractivity contribution in [3.63, 3.8) is 0 Å². The topological polar surface area (TPSA) is 305 Å². The summed E-state index contributed by atoms with van der Waals surface area (Å²) in [6, 6.07) is 34.7. The van der Waals surface area contributed by atoms with Gasteiger partial charge in [0, 0.05) is 67.5 Å². The van der Waals surface area contributed by atoms with E-state index in [1.165, 1.54) is 33.3 Å². The van der Waals surface area contributed by atoms with Crippen molar-refractivity contribution < 1.29 is 71.9 Å². The van der Waals surface area contributed by atoms with E-state index in [4.69, 9.17) is 23.7 Å². The molecule has 5 aliphatic heterocycles. The van der Waals surface area contributed by atoms with Crippen LogP contribution < -0.4 is 60.6 Å². The predicted molar refractivity (Wildman–Crippen MR) is 374 cm³/mol. The molecule has 6 aromatic rings. The first kappa shape index (κ1) is 69.5. The molecule has 1 saturated heterocycles. The monoisotopic (exact) mass is 1370 g/mol. The van der Waals surface area contributed by atoms with Gasteiger partial charge in [-0.2, -0.15) is 0 Å². The number of nitrogens with zero attached hydrogens (tertiary/aromatic N) is 4. The van der Waals surface area contributed by atoms with Gasteiger partial charge < -0.3 is 75.4 Å². The maximum Gasteiger partial charge on any atom is 0.416 e. The highest BCUT2D eigenvalue weighted by Gasteiger charge is 2.58. The summed E-state index contributed by atoms with van der Waals surface area (Å²) in [6.07, 6.45) is 2.49. The lowest BCUT2D eigenvalue weighted by Crippen LogP contribution is -2.55. The number of nitrogens with one attached hydrogen (secondary N) is 6. The van der Waals surface area contributed by atoms with E-state index in [0.29, 0.717) is 77.6 Å². The van der Waals surface area contributed by atoms with Gasteiger partial charge in [0.05, 0.1) is 87.3 Å². The summed E-state index contributed by atoms with van der Waals surface area (Å²) < 4.78 is 29.9. The van der Waals surface area contributed by atoms with Crippen molar-refractivity contribution in [2.24, 2.45) is 11.3 Å². The number of rotatable bonds is 24. The van der Waals surface area contributed by atoms with Gasteiger partial charge in [-0.1, -0.05) is 98.5 Å². The number of amides is 9. The molecule has 6 aliphatic rings. The number of para-hydroxylation sites is 1. The fourth-order valence-electron chi connectivity index (χ4n) is 13.2. The molecule has 0 radical (unpaired) electrons. The van der Waals surface area contributed by atoms with Crippen LogP contribution in [0.3, 0.4) is 0 Å². The Morgan fingerprint density at radius 3 is 2.08 bits per heavy atom. The summed E-state index contributed by atoms with van der Waals surface area (Å²) >= 11 is 0. The van der Waals surface area contributed by atoms with Gasteiger partial charge in [0.2, 0.25) is 35.4 Å². The SMILES string of the molecule is COc1cc2c(cc1OCCCOc1cc3c(cc1OC)C(=O)N1CC4(CC4)C[C@H]1C(O)N3C(=O)OCc1ccc(NC(=O)[C@H](C)NC(=O)[C@@H](NC(=O)CNC(=O)CNC(=O)CCC(=O)N3Cc4ccccc4C#Cc4ccccc43)C(C)C)cc1)NC[C@@H]1CC(c3ccccc3)=CN1C2=O. The molecular weight excluding hydrogens is 1290 g/mol. The number of benzene rings is 6. The van der Waals surface area contributed by atoms with Crippen molar-refractivity contribution in [2.45, 2.75) is 109 Å². The summed E-state index contributed by atoms with van der Waals surface area (Å²) in [6.45, 7) is 5.08. The van der Waals surface area contributed by atoms with Gasteiger partial charge in [0.15, 0.2) is 29.2 Å². The number of hydrogen-bond acceptors (Lipinski definition) is 16. The molecule has 1 aliphatic carbocycles. The number of aliphatic hydroxyl groups excluding tert-OH is 1. The van der Waals surface area contributed by atoms with E-state index in [1.54, 1.807) is 71.0 Å². The Labute approximate surface area is 584 Å². The molecular formula is C76H80N10O15. The molecule has 5 atom stereocenters. The Morgan fingerprint density at radius 2 is 1.36 bits per heavy atom. The number of ether oxygens (including phenoxy) is 5. The molecule has 0 aromatic heterocycles. The number of carbonyl (C=O) groups excluding carboxylic acids is 9. The zero-order chi connectivity index (χ0) is 71.1. The van der Waals surface area contributed by atoms with Crippen molar-refractivity contribution in [3.8, 4) is 34.8 Å². The quantitative estimate of drug-likeness (QED) is 0.0232. The highest BCUT2D eigenvalue weighted by atomic mass is 16.6. The van der Waals surface area contributed by atoms with Gasteiger partial charge in [-0.05, 0) is 109 Å². The second-order valence-electron chi connectivity index (χ2n) is 26.3. The molecule has 6 aromatic carbocycles. The first-order valence-electron chi connectivity index (χ1n) is 33.8. The average Bonchev–Trinajstić information content (AvgIpc) is 1.57. The van der Waals surface area contributed by atoms with E-state index in [-0.39, 0.29) is 91.1 Å². The molecule has 25 nitrogen and oxygen atoms in total. The zero-order valence-corrected chi connectivity index (χ0v) is 56.7. The molecule has 25 heteroatoms. The Hall–Kier alpha value is -11.4. The fourth-order valence-corrected chi connectivity index (χ4v) is 13.2. The van der Waals surface area contributed by atoms with E-state index in [1.807, 2.05) is 79.0 Å². The second-order valence-corrected chi connectivity index (χ2v) is 26.3. The van der Waals surface area contributed by atoms with Gasteiger partial charge in [0.1, 0.15) is 18.7 Å². The summed E-state index contributed by atoms with van der Waals surface area (Å²) in [4.78, 5) is 128. The maximum atomic E-state index is 14.5. The van der Waals surface area contributed by atoms with Crippen LogP contribution in [0.25, 0.3) is 5.57 Å². The van der Waals surface area contributed by atoms with Crippen LogP contribution in [0, 0.1) is 23.2 Å². The number of hydrogen-bond donors (Lipinski definition) is 7. The number of carbonyl (C=O) groups is 9. The van der Waals surface area contributed by atoms with Crippen LogP contribution >= 0.6 is 0 Å². The van der Waals surface area contributed by atoms with E-state index in [0.717, 1.165) is 40.0 Å². The Bertz CT molecular complexity index is 4320. The maximum absolute atomic E-state index is 14.5. The number of aliphatic hydroxyl groups is 1. The van der Waals surface area contributed by atoms with Crippen LogP contribution in [0.5, 0.6) is 23.0 Å². The minimum atomic E-state index is -1.50. The van der Waals surface area contributed by atoms with Crippen LogP contribution in [0.4, 0.5) is 27.5 Å². The Kier molecular flexibility index (Phi) is 20.9. The third-order valence-corrected chi connectivity index (χ3v) is 19.0. The molecule has 9 amide bonds. The van der Waals surface area contributed by atoms with Gasteiger partial charge in [-0.3, -0.25) is 38.4 Å². The van der Waals surface area contributed by atoms with Gasteiger partial charge in [0.25, 0.3) is 11.8 Å². The fraction of sp³-hybridized carbons (Fsp3) is 0.355. The van der Waals surface area contributed by atoms with Crippen LogP contribution in [0.15, 0.2) is 134 Å².